The summed E-state index contributed by atoms with van der Waals surface area (Å²) in [5.41, 5.74) is 3.97. The molecule has 0 aliphatic carbocycles. The smallest absolute Gasteiger partial charge is 0.232 e. The van der Waals surface area contributed by atoms with Crippen LogP contribution in [-0.4, -0.2) is 15.9 Å². The lowest BCUT2D eigenvalue weighted by atomic mass is 10.2. The fourth-order valence-corrected chi connectivity index (χ4v) is 4.73. The number of hydrogen-bond acceptors (Lipinski definition) is 6. The lowest BCUT2D eigenvalue weighted by Gasteiger charge is -1.99. The summed E-state index contributed by atoms with van der Waals surface area (Å²) in [4.78, 5) is 22.4. The minimum absolute atomic E-state index is 0.0992. The van der Waals surface area contributed by atoms with Crippen LogP contribution in [0.2, 0.25) is 0 Å². The molecule has 0 aliphatic heterocycles. The normalized spacial score (nSPS) is 10.8. The monoisotopic (exact) mass is 397 g/mol. The van der Waals surface area contributed by atoms with Gasteiger partial charge in [-0.25, -0.2) is 9.97 Å². The molecule has 1 amide bonds. The molecule has 0 saturated heterocycles. The van der Waals surface area contributed by atoms with Gasteiger partial charge in [0.2, 0.25) is 5.91 Å². The Hall–Kier alpha value is -2.35. The fourth-order valence-electron chi connectivity index (χ4n) is 2.41. The number of benzene rings is 1. The van der Waals surface area contributed by atoms with Crippen LogP contribution in [0.1, 0.15) is 11.3 Å². The van der Waals surface area contributed by atoms with Gasteiger partial charge in [0.1, 0.15) is 5.01 Å². The molecule has 0 fully saturated rings. The van der Waals surface area contributed by atoms with Crippen LogP contribution >= 0.6 is 34.0 Å². The Morgan fingerprint density at radius 1 is 1.04 bits per heavy atom. The number of hydrogen-bond donors (Lipinski definition) is 1. The van der Waals surface area contributed by atoms with E-state index >= 15 is 0 Å². The number of nitrogens with zero attached hydrogens (tertiary/aromatic N) is 2. The number of carbonyl (C=O) groups is 1. The third kappa shape index (κ3) is 3.90. The highest BCUT2D eigenvalue weighted by Gasteiger charge is 2.12. The average Bonchev–Trinajstić information content (AvgIpc) is 3.36. The average molecular weight is 398 g/mol. The number of rotatable bonds is 5. The van der Waals surface area contributed by atoms with Crippen LogP contribution in [0, 0.1) is 6.92 Å². The second-order valence-corrected chi connectivity index (χ2v) is 8.41. The zero-order valence-electron chi connectivity index (χ0n) is 13.9. The van der Waals surface area contributed by atoms with Crippen LogP contribution in [0.15, 0.2) is 52.5 Å². The van der Waals surface area contributed by atoms with Gasteiger partial charge in [0.05, 0.1) is 22.7 Å². The molecule has 7 heteroatoms. The summed E-state index contributed by atoms with van der Waals surface area (Å²) < 4.78 is 0. The highest BCUT2D eigenvalue weighted by Crippen LogP contribution is 2.28. The number of carbonyl (C=O) groups excluding carboxylic acids is 1. The third-order valence-corrected chi connectivity index (χ3v) is 6.31. The van der Waals surface area contributed by atoms with Crippen molar-refractivity contribution in [3.63, 3.8) is 0 Å². The number of aryl methyl sites for hydroxylation is 1. The van der Waals surface area contributed by atoms with Gasteiger partial charge in [-0.3, -0.25) is 4.79 Å². The Morgan fingerprint density at radius 3 is 2.65 bits per heavy atom. The predicted molar refractivity (Wildman–Crippen MR) is 110 cm³/mol. The number of thiophene rings is 1. The van der Waals surface area contributed by atoms with Gasteiger partial charge in [-0.2, -0.15) is 0 Å². The molecular weight excluding hydrogens is 382 g/mol. The largest absolute Gasteiger partial charge is 0.302 e. The first kappa shape index (κ1) is 17.1. The van der Waals surface area contributed by atoms with Gasteiger partial charge in [0, 0.05) is 16.3 Å². The molecule has 26 heavy (non-hydrogen) atoms. The quantitative estimate of drug-likeness (QED) is 0.485. The van der Waals surface area contributed by atoms with Crippen LogP contribution in [0.5, 0.6) is 0 Å². The summed E-state index contributed by atoms with van der Waals surface area (Å²) in [5.74, 6) is -0.0992. The molecule has 4 aromatic rings. The van der Waals surface area contributed by atoms with E-state index in [1.165, 1.54) is 16.9 Å². The minimum Gasteiger partial charge on any atom is -0.302 e. The van der Waals surface area contributed by atoms with E-state index in [4.69, 9.17) is 0 Å². The topological polar surface area (TPSA) is 54.9 Å². The number of nitrogens with one attached hydrogen (secondary N) is 1. The van der Waals surface area contributed by atoms with Crippen molar-refractivity contribution in [3.05, 3.63) is 63.8 Å². The Kier molecular flexibility index (Phi) is 4.92. The number of aromatic nitrogens is 2. The molecule has 0 saturated carbocycles. The van der Waals surface area contributed by atoms with Crippen molar-refractivity contribution >= 4 is 45.0 Å². The van der Waals surface area contributed by atoms with Crippen molar-refractivity contribution in [2.45, 2.75) is 13.3 Å². The lowest BCUT2D eigenvalue weighted by molar-refractivity contribution is -0.115. The van der Waals surface area contributed by atoms with E-state index in [2.05, 4.69) is 46.5 Å². The van der Waals surface area contributed by atoms with Gasteiger partial charge in [-0.1, -0.05) is 35.9 Å². The molecular formula is C19H15N3OS3. The molecule has 0 spiro atoms. The van der Waals surface area contributed by atoms with Gasteiger partial charge < -0.3 is 5.32 Å². The molecule has 0 aliphatic rings. The van der Waals surface area contributed by atoms with Crippen molar-refractivity contribution in [2.75, 3.05) is 5.32 Å². The molecule has 3 heterocycles. The Labute approximate surface area is 163 Å². The standard InChI is InChI=1S/C19H15N3OS3/c1-12-4-6-13(7-5-12)18-20-14(10-25-18)9-17(23)22-19-21-15(11-26-19)16-3-2-8-24-16/h2-8,10-11H,9H2,1H3,(H,21,22,23). The molecule has 3 aromatic heterocycles. The Balaban J connectivity index is 1.40. The summed E-state index contributed by atoms with van der Waals surface area (Å²) >= 11 is 4.63. The van der Waals surface area contributed by atoms with Crippen LogP contribution < -0.4 is 5.32 Å². The third-order valence-electron chi connectivity index (χ3n) is 3.72. The Morgan fingerprint density at radius 2 is 1.88 bits per heavy atom. The molecule has 0 radical (unpaired) electrons. The fraction of sp³-hybridized carbons (Fsp3) is 0.105. The maximum atomic E-state index is 12.3. The van der Waals surface area contributed by atoms with E-state index in [1.807, 2.05) is 28.3 Å². The van der Waals surface area contributed by atoms with Crippen molar-refractivity contribution in [1.29, 1.82) is 0 Å². The lowest BCUT2D eigenvalue weighted by Crippen LogP contribution is -2.14. The first-order valence-electron chi connectivity index (χ1n) is 7.98. The van der Waals surface area contributed by atoms with E-state index in [9.17, 15) is 4.79 Å². The predicted octanol–water partition coefficient (Wildman–Crippen LogP) is 5.48. The van der Waals surface area contributed by atoms with Gasteiger partial charge >= 0.3 is 0 Å². The van der Waals surface area contributed by atoms with Crippen molar-refractivity contribution in [1.82, 2.24) is 9.97 Å². The summed E-state index contributed by atoms with van der Waals surface area (Å²) in [5, 5.41) is 10.3. The molecule has 1 N–H and O–H groups in total. The zero-order valence-corrected chi connectivity index (χ0v) is 16.4. The molecule has 4 rings (SSSR count). The van der Waals surface area contributed by atoms with Crippen LogP contribution in [0.25, 0.3) is 21.1 Å². The molecule has 0 bridgehead atoms. The van der Waals surface area contributed by atoms with E-state index in [1.54, 1.807) is 22.7 Å². The zero-order chi connectivity index (χ0) is 17.9. The summed E-state index contributed by atoms with van der Waals surface area (Å²) in [7, 11) is 0. The number of amides is 1. The van der Waals surface area contributed by atoms with Crippen LogP contribution in [0.4, 0.5) is 5.13 Å². The molecule has 130 valence electrons. The molecule has 0 atom stereocenters. The van der Waals surface area contributed by atoms with Gasteiger partial charge in [-0.05, 0) is 18.4 Å². The van der Waals surface area contributed by atoms with Gasteiger partial charge in [-0.15, -0.1) is 34.0 Å². The number of thiazole rings is 2. The summed E-state index contributed by atoms with van der Waals surface area (Å²) in [6, 6.07) is 12.3. The first-order chi connectivity index (χ1) is 12.7. The summed E-state index contributed by atoms with van der Waals surface area (Å²) in [6.07, 6.45) is 0.246. The van der Waals surface area contributed by atoms with Crippen molar-refractivity contribution in [2.24, 2.45) is 0 Å². The highest BCUT2D eigenvalue weighted by atomic mass is 32.1. The van der Waals surface area contributed by atoms with Crippen molar-refractivity contribution < 1.29 is 4.79 Å². The van der Waals surface area contributed by atoms with Crippen LogP contribution in [0.3, 0.4) is 0 Å². The van der Waals surface area contributed by atoms with E-state index in [-0.39, 0.29) is 12.3 Å². The molecule has 1 aromatic carbocycles. The maximum absolute atomic E-state index is 12.3. The van der Waals surface area contributed by atoms with Gasteiger partial charge in [0.15, 0.2) is 5.13 Å². The van der Waals surface area contributed by atoms with Crippen molar-refractivity contribution in [3.8, 4) is 21.1 Å². The van der Waals surface area contributed by atoms with E-state index in [0.717, 1.165) is 26.8 Å². The molecule has 0 unspecified atom stereocenters. The number of anilines is 1. The second-order valence-electron chi connectivity index (χ2n) is 5.75. The first-order valence-corrected chi connectivity index (χ1v) is 10.6. The maximum Gasteiger partial charge on any atom is 0.232 e. The van der Waals surface area contributed by atoms with E-state index in [0.29, 0.717) is 5.13 Å². The molecule has 4 nitrogen and oxygen atoms in total. The van der Waals surface area contributed by atoms with Crippen LogP contribution in [-0.2, 0) is 11.2 Å². The summed E-state index contributed by atoms with van der Waals surface area (Å²) in [6.45, 7) is 2.06. The van der Waals surface area contributed by atoms with E-state index < -0.39 is 0 Å². The minimum atomic E-state index is -0.0992. The Bertz CT molecular complexity index is 1020. The van der Waals surface area contributed by atoms with Gasteiger partial charge in [0.25, 0.3) is 0 Å². The second kappa shape index (κ2) is 7.49. The SMILES string of the molecule is Cc1ccc(-c2nc(CC(=O)Nc3nc(-c4cccs4)cs3)cs2)cc1. The highest BCUT2D eigenvalue weighted by molar-refractivity contribution is 7.16.